The predicted molar refractivity (Wildman–Crippen MR) is 88.7 cm³/mol. The zero-order valence-corrected chi connectivity index (χ0v) is 15.0. The first kappa shape index (κ1) is 19.7. The number of Topliss-reactive ketones (excluding diaryl/α,β-unsaturated/α-hetero) is 1. The summed E-state index contributed by atoms with van der Waals surface area (Å²) < 4.78 is 26.2. The monoisotopic (exact) mass is 366 g/mol. The summed E-state index contributed by atoms with van der Waals surface area (Å²) in [7, 11) is 1.48. The van der Waals surface area contributed by atoms with Crippen molar-refractivity contribution in [2.24, 2.45) is 0 Å². The van der Waals surface area contributed by atoms with E-state index in [-0.39, 0.29) is 32.0 Å². The number of hydrogen-bond donors (Lipinski definition) is 0. The molecule has 8 heteroatoms. The Morgan fingerprint density at radius 2 is 2.00 bits per heavy atom. The van der Waals surface area contributed by atoms with Gasteiger partial charge in [0, 0.05) is 26.5 Å². The lowest BCUT2D eigenvalue weighted by atomic mass is 9.98. The number of rotatable bonds is 8. The van der Waals surface area contributed by atoms with Gasteiger partial charge in [-0.2, -0.15) is 0 Å². The normalized spacial score (nSPS) is 22.0. The van der Waals surface area contributed by atoms with E-state index in [1.807, 2.05) is 0 Å². The standard InChI is InChI=1S/C18H22O8/c1-4-23-17(21)18(15(20)8-9-16(18)25-12(2)19)26-14-7-5-6-13(10-14)24-11-22-3/h5-7,10,16H,4,8-9,11H2,1-3H3/t16-,18-/m0/s1. The van der Waals surface area contributed by atoms with Gasteiger partial charge in [0.1, 0.15) is 11.5 Å². The molecule has 2 rings (SSSR count). The Labute approximate surface area is 151 Å². The zero-order valence-electron chi connectivity index (χ0n) is 15.0. The van der Waals surface area contributed by atoms with Crippen molar-refractivity contribution in [2.45, 2.75) is 38.4 Å². The van der Waals surface area contributed by atoms with Gasteiger partial charge in [-0.25, -0.2) is 4.79 Å². The van der Waals surface area contributed by atoms with Crippen LogP contribution in [0.25, 0.3) is 0 Å². The molecule has 0 saturated heterocycles. The number of ether oxygens (including phenoxy) is 5. The number of methoxy groups -OCH3 is 1. The number of benzene rings is 1. The van der Waals surface area contributed by atoms with E-state index in [9.17, 15) is 14.4 Å². The fourth-order valence-corrected chi connectivity index (χ4v) is 2.76. The van der Waals surface area contributed by atoms with Crippen molar-refractivity contribution in [1.29, 1.82) is 0 Å². The summed E-state index contributed by atoms with van der Waals surface area (Å²) in [6.07, 6.45) is -0.844. The SMILES string of the molecule is CCOC(=O)[C@]1(Oc2cccc(OCOC)c2)C(=O)CC[C@@H]1OC(C)=O. The van der Waals surface area contributed by atoms with Crippen LogP contribution in [-0.2, 0) is 28.6 Å². The fourth-order valence-electron chi connectivity index (χ4n) is 2.76. The van der Waals surface area contributed by atoms with E-state index in [2.05, 4.69) is 0 Å². The van der Waals surface area contributed by atoms with E-state index in [1.54, 1.807) is 25.1 Å². The van der Waals surface area contributed by atoms with Gasteiger partial charge in [0.2, 0.25) is 0 Å². The lowest BCUT2D eigenvalue weighted by Gasteiger charge is -2.31. The molecule has 142 valence electrons. The second kappa shape index (κ2) is 8.66. The Balaban J connectivity index is 2.37. The Hall–Kier alpha value is -2.61. The molecule has 1 fully saturated rings. The van der Waals surface area contributed by atoms with Crippen molar-refractivity contribution in [3.8, 4) is 11.5 Å². The van der Waals surface area contributed by atoms with Crippen LogP contribution in [-0.4, -0.2) is 49.9 Å². The molecule has 2 atom stereocenters. The third kappa shape index (κ3) is 4.13. The van der Waals surface area contributed by atoms with E-state index >= 15 is 0 Å². The molecule has 0 aliphatic heterocycles. The van der Waals surface area contributed by atoms with Crippen molar-refractivity contribution in [3.63, 3.8) is 0 Å². The summed E-state index contributed by atoms with van der Waals surface area (Å²) in [6, 6.07) is 6.38. The molecule has 0 amide bonds. The van der Waals surface area contributed by atoms with Crippen molar-refractivity contribution in [3.05, 3.63) is 24.3 Å². The molecular formula is C18H22O8. The Bertz CT molecular complexity index is 671. The minimum absolute atomic E-state index is 0.0292. The van der Waals surface area contributed by atoms with Gasteiger partial charge in [-0.1, -0.05) is 6.07 Å². The van der Waals surface area contributed by atoms with Crippen LogP contribution < -0.4 is 9.47 Å². The summed E-state index contributed by atoms with van der Waals surface area (Å²) in [4.78, 5) is 36.6. The molecule has 0 bridgehead atoms. The quantitative estimate of drug-likeness (QED) is 0.389. The fraction of sp³-hybridized carbons (Fsp3) is 0.500. The highest BCUT2D eigenvalue weighted by Crippen LogP contribution is 2.36. The molecule has 0 spiro atoms. The maximum Gasteiger partial charge on any atom is 0.362 e. The van der Waals surface area contributed by atoms with Crippen molar-refractivity contribution in [2.75, 3.05) is 20.5 Å². The maximum atomic E-state index is 12.6. The summed E-state index contributed by atoms with van der Waals surface area (Å²) in [5.41, 5.74) is -2.03. The lowest BCUT2D eigenvalue weighted by Crippen LogP contribution is -2.58. The molecule has 0 aromatic heterocycles. The van der Waals surface area contributed by atoms with Gasteiger partial charge in [-0.15, -0.1) is 0 Å². The van der Waals surface area contributed by atoms with Crippen LogP contribution in [0, 0.1) is 0 Å². The van der Waals surface area contributed by atoms with Crippen LogP contribution in [0.4, 0.5) is 0 Å². The van der Waals surface area contributed by atoms with E-state index in [0.29, 0.717) is 5.75 Å². The van der Waals surface area contributed by atoms with E-state index < -0.39 is 29.4 Å². The second-order valence-electron chi connectivity index (χ2n) is 5.64. The first-order valence-corrected chi connectivity index (χ1v) is 8.22. The summed E-state index contributed by atoms with van der Waals surface area (Å²) in [5, 5.41) is 0. The molecule has 1 saturated carbocycles. The van der Waals surface area contributed by atoms with Crippen LogP contribution in [0.2, 0.25) is 0 Å². The van der Waals surface area contributed by atoms with Gasteiger partial charge in [0.25, 0.3) is 5.60 Å². The van der Waals surface area contributed by atoms with Gasteiger partial charge in [-0.3, -0.25) is 9.59 Å². The molecule has 1 aromatic carbocycles. The van der Waals surface area contributed by atoms with Gasteiger partial charge in [0.05, 0.1) is 6.61 Å². The largest absolute Gasteiger partial charge is 0.467 e. The van der Waals surface area contributed by atoms with Gasteiger partial charge in [0.15, 0.2) is 18.7 Å². The molecule has 0 radical (unpaired) electrons. The van der Waals surface area contributed by atoms with Crippen LogP contribution in [0.1, 0.15) is 26.7 Å². The number of hydrogen-bond acceptors (Lipinski definition) is 8. The Morgan fingerprint density at radius 3 is 2.65 bits per heavy atom. The van der Waals surface area contributed by atoms with Crippen LogP contribution in [0.15, 0.2) is 24.3 Å². The smallest absolute Gasteiger partial charge is 0.362 e. The van der Waals surface area contributed by atoms with Gasteiger partial charge < -0.3 is 23.7 Å². The highest BCUT2D eigenvalue weighted by molar-refractivity contribution is 6.10. The number of carbonyl (C=O) groups is 3. The first-order chi connectivity index (χ1) is 12.4. The van der Waals surface area contributed by atoms with Gasteiger partial charge >= 0.3 is 11.9 Å². The first-order valence-electron chi connectivity index (χ1n) is 8.22. The van der Waals surface area contributed by atoms with Crippen LogP contribution >= 0.6 is 0 Å². The topological polar surface area (TPSA) is 97.4 Å². The van der Waals surface area contributed by atoms with Crippen molar-refractivity contribution in [1.82, 2.24) is 0 Å². The molecule has 8 nitrogen and oxygen atoms in total. The van der Waals surface area contributed by atoms with E-state index in [1.165, 1.54) is 20.1 Å². The highest BCUT2D eigenvalue weighted by Gasteiger charge is 2.61. The summed E-state index contributed by atoms with van der Waals surface area (Å²) in [6.45, 7) is 2.91. The lowest BCUT2D eigenvalue weighted by molar-refractivity contribution is -0.179. The zero-order chi connectivity index (χ0) is 19.2. The molecule has 1 aliphatic rings. The molecule has 0 N–H and O–H groups in total. The molecule has 1 aliphatic carbocycles. The second-order valence-corrected chi connectivity index (χ2v) is 5.64. The van der Waals surface area contributed by atoms with Crippen LogP contribution in [0.5, 0.6) is 11.5 Å². The number of carbonyl (C=O) groups excluding carboxylic acids is 3. The predicted octanol–water partition coefficient (Wildman–Crippen LogP) is 1.64. The number of ketones is 1. The van der Waals surface area contributed by atoms with Crippen molar-refractivity contribution < 1.29 is 38.1 Å². The minimum atomic E-state index is -2.03. The van der Waals surface area contributed by atoms with E-state index in [0.717, 1.165) is 0 Å². The summed E-state index contributed by atoms with van der Waals surface area (Å²) in [5.74, 6) is -1.35. The van der Waals surface area contributed by atoms with Crippen molar-refractivity contribution >= 4 is 17.7 Å². The van der Waals surface area contributed by atoms with Gasteiger partial charge in [-0.05, 0) is 25.5 Å². The Kier molecular flexibility index (Phi) is 6.57. The summed E-state index contributed by atoms with van der Waals surface area (Å²) >= 11 is 0. The van der Waals surface area contributed by atoms with E-state index in [4.69, 9.17) is 23.7 Å². The maximum absolute atomic E-state index is 12.6. The average Bonchev–Trinajstić information content (AvgIpc) is 2.90. The third-order valence-electron chi connectivity index (χ3n) is 3.82. The highest BCUT2D eigenvalue weighted by atomic mass is 16.7. The molecule has 0 unspecified atom stereocenters. The number of esters is 2. The molecule has 0 heterocycles. The molecular weight excluding hydrogens is 344 g/mol. The Morgan fingerprint density at radius 1 is 1.27 bits per heavy atom. The average molecular weight is 366 g/mol. The molecule has 26 heavy (non-hydrogen) atoms. The van der Waals surface area contributed by atoms with Crippen LogP contribution in [0.3, 0.4) is 0 Å². The third-order valence-corrected chi connectivity index (χ3v) is 3.82. The molecule has 1 aromatic rings. The minimum Gasteiger partial charge on any atom is -0.467 e.